The minimum atomic E-state index is -0.0598. The quantitative estimate of drug-likeness (QED) is 0.622. The molecule has 0 bridgehead atoms. The fourth-order valence-electron chi connectivity index (χ4n) is 0.801. The van der Waals surface area contributed by atoms with Crippen molar-refractivity contribution in [3.8, 4) is 0 Å². The van der Waals surface area contributed by atoms with Gasteiger partial charge in [0.25, 0.3) is 0 Å². The molecule has 0 unspecified atom stereocenters. The highest BCUT2D eigenvalue weighted by Crippen LogP contribution is 1.89. The van der Waals surface area contributed by atoms with Gasteiger partial charge in [0.1, 0.15) is 0 Å². The molecule has 0 aliphatic rings. The molecule has 1 amide bonds. The first kappa shape index (κ1) is 8.63. The second-order valence-electron chi connectivity index (χ2n) is 2.35. The fourth-order valence-corrected chi connectivity index (χ4v) is 0.801. The van der Waals surface area contributed by atoms with Gasteiger partial charge < -0.3 is 5.32 Å². The molecule has 1 rings (SSSR count). The van der Waals surface area contributed by atoms with Crippen LogP contribution < -0.4 is 5.32 Å². The van der Waals surface area contributed by atoms with Gasteiger partial charge >= 0.3 is 0 Å². The molecule has 0 aromatic carbocycles. The summed E-state index contributed by atoms with van der Waals surface area (Å²) in [7, 11) is 1.70. The van der Waals surface area contributed by atoms with Gasteiger partial charge in [-0.15, -0.1) is 5.10 Å². The van der Waals surface area contributed by atoms with E-state index in [4.69, 9.17) is 0 Å². The molecular formula is C6H11N5O. The number of likely N-dealkylation sites (N-methyl/N-ethyl adjacent to an activating group) is 1. The normalized spacial score (nSPS) is 9.83. The first-order chi connectivity index (χ1) is 5.74. The van der Waals surface area contributed by atoms with E-state index in [9.17, 15) is 4.79 Å². The fraction of sp³-hybridized carbons (Fsp3) is 0.667. The van der Waals surface area contributed by atoms with Crippen molar-refractivity contribution in [2.45, 2.75) is 13.3 Å². The lowest BCUT2D eigenvalue weighted by molar-refractivity contribution is -0.120. The number of hydrogen-bond acceptors (Lipinski definition) is 4. The summed E-state index contributed by atoms with van der Waals surface area (Å²) < 4.78 is 1.48. The first-order valence-corrected chi connectivity index (χ1v) is 3.72. The number of carbonyl (C=O) groups is 1. The van der Waals surface area contributed by atoms with Gasteiger partial charge in [-0.3, -0.25) is 4.79 Å². The lowest BCUT2D eigenvalue weighted by Crippen LogP contribution is -2.25. The van der Waals surface area contributed by atoms with Crippen LogP contribution in [0.4, 0.5) is 0 Å². The zero-order valence-corrected chi connectivity index (χ0v) is 7.11. The first-order valence-electron chi connectivity index (χ1n) is 3.72. The average Bonchev–Trinajstić information content (AvgIpc) is 2.37. The second kappa shape index (κ2) is 3.80. The van der Waals surface area contributed by atoms with Crippen molar-refractivity contribution in [2.75, 3.05) is 6.54 Å². The van der Waals surface area contributed by atoms with Crippen LogP contribution in [-0.4, -0.2) is 32.7 Å². The highest BCUT2D eigenvalue weighted by molar-refractivity contribution is 5.77. The monoisotopic (exact) mass is 169 g/mol. The van der Waals surface area contributed by atoms with E-state index in [1.54, 1.807) is 7.05 Å². The molecule has 1 N–H and O–H groups in total. The predicted octanol–water partition coefficient (Wildman–Crippen LogP) is -1.11. The van der Waals surface area contributed by atoms with Crippen LogP contribution in [0.5, 0.6) is 0 Å². The second-order valence-corrected chi connectivity index (χ2v) is 2.35. The Morgan fingerprint density at radius 2 is 2.42 bits per heavy atom. The molecule has 0 fully saturated rings. The summed E-state index contributed by atoms with van der Waals surface area (Å²) in [5.74, 6) is 0.511. The van der Waals surface area contributed by atoms with Crippen LogP contribution in [0.25, 0.3) is 0 Å². The summed E-state index contributed by atoms with van der Waals surface area (Å²) in [4.78, 5) is 11.0. The highest BCUT2D eigenvalue weighted by atomic mass is 16.1. The van der Waals surface area contributed by atoms with Gasteiger partial charge in [-0.1, -0.05) is 0 Å². The van der Waals surface area contributed by atoms with E-state index in [0.717, 1.165) is 0 Å². The lowest BCUT2D eigenvalue weighted by atomic mass is 10.4. The Hall–Kier alpha value is -1.46. The minimum absolute atomic E-state index is 0.0598. The van der Waals surface area contributed by atoms with E-state index in [1.807, 2.05) is 6.92 Å². The number of aryl methyl sites for hydroxylation is 1. The van der Waals surface area contributed by atoms with E-state index >= 15 is 0 Å². The number of aromatic nitrogens is 4. The van der Waals surface area contributed by atoms with Crippen LogP contribution >= 0.6 is 0 Å². The summed E-state index contributed by atoms with van der Waals surface area (Å²) in [6, 6.07) is 0. The van der Waals surface area contributed by atoms with Crippen LogP contribution in [0.3, 0.4) is 0 Å². The number of carbonyl (C=O) groups excluding carboxylic acids is 1. The standard InChI is InChI=1S/C6H11N5O/c1-3-7-6(12)4-5-8-9-10-11(5)2/h3-4H2,1-2H3,(H,7,12). The van der Waals surface area contributed by atoms with Crippen LogP contribution in [0.15, 0.2) is 0 Å². The Morgan fingerprint density at radius 1 is 1.67 bits per heavy atom. The molecule has 0 aliphatic carbocycles. The van der Waals surface area contributed by atoms with Gasteiger partial charge in [0, 0.05) is 13.6 Å². The molecule has 6 heteroatoms. The molecule has 0 saturated heterocycles. The minimum Gasteiger partial charge on any atom is -0.356 e. The van der Waals surface area contributed by atoms with E-state index in [-0.39, 0.29) is 12.3 Å². The lowest BCUT2D eigenvalue weighted by Gasteiger charge is -1.99. The van der Waals surface area contributed by atoms with E-state index in [1.165, 1.54) is 4.68 Å². The molecule has 1 aromatic heterocycles. The van der Waals surface area contributed by atoms with Crippen LogP contribution in [0.2, 0.25) is 0 Å². The van der Waals surface area contributed by atoms with Gasteiger partial charge in [-0.2, -0.15) is 0 Å². The zero-order valence-electron chi connectivity index (χ0n) is 7.11. The van der Waals surface area contributed by atoms with Crippen molar-refractivity contribution in [3.05, 3.63) is 5.82 Å². The van der Waals surface area contributed by atoms with Crippen LogP contribution in [-0.2, 0) is 18.3 Å². The van der Waals surface area contributed by atoms with E-state index in [0.29, 0.717) is 12.4 Å². The van der Waals surface area contributed by atoms with Crippen molar-refractivity contribution < 1.29 is 4.79 Å². The number of tetrazole rings is 1. The number of nitrogens with zero attached hydrogens (tertiary/aromatic N) is 4. The number of nitrogens with one attached hydrogen (secondary N) is 1. The molecule has 1 aromatic rings. The predicted molar refractivity (Wildman–Crippen MR) is 41.2 cm³/mol. The Bertz CT molecular complexity index is 269. The van der Waals surface area contributed by atoms with E-state index < -0.39 is 0 Å². The number of hydrogen-bond donors (Lipinski definition) is 1. The van der Waals surface area contributed by atoms with Gasteiger partial charge in [-0.05, 0) is 17.4 Å². The molecule has 66 valence electrons. The maximum atomic E-state index is 11.0. The molecule has 0 radical (unpaired) electrons. The van der Waals surface area contributed by atoms with E-state index in [2.05, 4.69) is 20.8 Å². The average molecular weight is 169 g/mol. The molecule has 12 heavy (non-hydrogen) atoms. The van der Waals surface area contributed by atoms with Crippen molar-refractivity contribution >= 4 is 5.91 Å². The van der Waals surface area contributed by atoms with Gasteiger partial charge in [0.15, 0.2) is 5.82 Å². The van der Waals surface area contributed by atoms with Gasteiger partial charge in [0.2, 0.25) is 5.91 Å². The van der Waals surface area contributed by atoms with Crippen LogP contribution in [0.1, 0.15) is 12.7 Å². The third-order valence-corrected chi connectivity index (χ3v) is 1.40. The zero-order chi connectivity index (χ0) is 8.97. The Labute approximate surface area is 70.0 Å². The molecule has 0 aliphatic heterocycles. The summed E-state index contributed by atoms with van der Waals surface area (Å²) in [6.07, 6.45) is 0.233. The van der Waals surface area contributed by atoms with Crippen molar-refractivity contribution in [3.63, 3.8) is 0 Å². The van der Waals surface area contributed by atoms with Crippen molar-refractivity contribution in [1.29, 1.82) is 0 Å². The molecular weight excluding hydrogens is 158 g/mol. The summed E-state index contributed by atoms with van der Waals surface area (Å²) >= 11 is 0. The maximum absolute atomic E-state index is 11.0. The number of rotatable bonds is 3. The summed E-state index contributed by atoms with van der Waals surface area (Å²) in [6.45, 7) is 2.50. The van der Waals surface area contributed by atoms with Crippen LogP contribution in [0, 0.1) is 0 Å². The molecule has 0 saturated carbocycles. The molecule has 0 atom stereocenters. The van der Waals surface area contributed by atoms with Gasteiger partial charge in [0.05, 0.1) is 6.42 Å². The smallest absolute Gasteiger partial charge is 0.227 e. The Balaban J connectivity index is 2.52. The maximum Gasteiger partial charge on any atom is 0.227 e. The third-order valence-electron chi connectivity index (χ3n) is 1.40. The number of amides is 1. The molecule has 1 heterocycles. The summed E-state index contributed by atoms with van der Waals surface area (Å²) in [5.41, 5.74) is 0. The Kier molecular flexibility index (Phi) is 2.73. The van der Waals surface area contributed by atoms with Crippen molar-refractivity contribution in [1.82, 2.24) is 25.5 Å². The largest absolute Gasteiger partial charge is 0.356 e. The van der Waals surface area contributed by atoms with Crippen molar-refractivity contribution in [2.24, 2.45) is 7.05 Å². The highest BCUT2D eigenvalue weighted by Gasteiger charge is 2.07. The molecule has 6 nitrogen and oxygen atoms in total. The Morgan fingerprint density at radius 3 is 2.92 bits per heavy atom. The topological polar surface area (TPSA) is 72.7 Å². The molecule has 0 spiro atoms. The SMILES string of the molecule is CCNC(=O)Cc1nnnn1C. The van der Waals surface area contributed by atoms with Gasteiger partial charge in [-0.25, -0.2) is 4.68 Å². The summed E-state index contributed by atoms with van der Waals surface area (Å²) in [5, 5.41) is 13.4. The third kappa shape index (κ3) is 2.01.